The lowest BCUT2D eigenvalue weighted by atomic mass is 10.1. The van der Waals surface area contributed by atoms with E-state index in [1.165, 1.54) is 0 Å². The molecule has 2 heterocycles. The Labute approximate surface area is 154 Å². The molecule has 0 spiro atoms. The van der Waals surface area contributed by atoms with Gasteiger partial charge in [0.25, 0.3) is 0 Å². The van der Waals surface area contributed by atoms with Crippen LogP contribution in [0.3, 0.4) is 0 Å². The molecule has 1 aliphatic rings. The summed E-state index contributed by atoms with van der Waals surface area (Å²) in [5.41, 5.74) is 0. The average Bonchev–Trinajstić information content (AvgIpc) is 3.27. The Morgan fingerprint density at radius 3 is 2.92 bits per heavy atom. The number of amides is 1. The summed E-state index contributed by atoms with van der Waals surface area (Å²) in [6.07, 6.45) is 2.90. The van der Waals surface area contributed by atoms with Crippen LogP contribution >= 0.6 is 11.3 Å². The van der Waals surface area contributed by atoms with Gasteiger partial charge in [-0.05, 0) is 6.42 Å². The van der Waals surface area contributed by atoms with Crippen molar-refractivity contribution in [2.45, 2.75) is 19.3 Å². The van der Waals surface area contributed by atoms with Crippen LogP contribution in [-0.4, -0.2) is 80.6 Å². The van der Waals surface area contributed by atoms with E-state index < -0.39 is 0 Å². The van der Waals surface area contributed by atoms with E-state index in [0.717, 1.165) is 43.7 Å². The second kappa shape index (κ2) is 9.72. The van der Waals surface area contributed by atoms with Crippen molar-refractivity contribution in [1.29, 1.82) is 0 Å². The molecule has 1 aromatic rings. The molecule has 0 radical (unpaired) electrons. The SMILES string of the molecule is CC(CN(C)C(=NCC(=O)N(C)C)NCC1CCOC1)c1nccs1. The average molecular weight is 368 g/mol. The molecular formula is C17H29N5O2S. The van der Waals surface area contributed by atoms with Crippen molar-refractivity contribution in [2.24, 2.45) is 10.9 Å². The third-order valence-corrected chi connectivity index (χ3v) is 5.23. The standard InChI is InChI=1S/C17H29N5O2S/c1-13(16-18-6-8-25-16)11-22(4)17(20-10-15(23)21(2)3)19-9-14-5-7-24-12-14/h6,8,13-14H,5,7,9-12H2,1-4H3,(H,19,20). The van der Waals surface area contributed by atoms with Gasteiger partial charge in [0.05, 0.1) is 11.6 Å². The van der Waals surface area contributed by atoms with Gasteiger partial charge in [-0.25, -0.2) is 9.98 Å². The van der Waals surface area contributed by atoms with Crippen molar-refractivity contribution < 1.29 is 9.53 Å². The summed E-state index contributed by atoms with van der Waals surface area (Å²) in [7, 11) is 5.49. The monoisotopic (exact) mass is 367 g/mol. The highest BCUT2D eigenvalue weighted by Gasteiger charge is 2.19. The largest absolute Gasteiger partial charge is 0.381 e. The summed E-state index contributed by atoms with van der Waals surface area (Å²) in [6.45, 7) is 5.52. The molecular weight excluding hydrogens is 338 g/mol. The van der Waals surface area contributed by atoms with E-state index in [1.54, 1.807) is 30.3 Å². The van der Waals surface area contributed by atoms with Crippen LogP contribution in [-0.2, 0) is 9.53 Å². The van der Waals surface area contributed by atoms with Crippen LogP contribution in [0.4, 0.5) is 0 Å². The van der Waals surface area contributed by atoms with Gasteiger partial charge >= 0.3 is 0 Å². The molecule has 1 N–H and O–H groups in total. The second-order valence-corrected chi connectivity index (χ2v) is 7.62. The Morgan fingerprint density at radius 1 is 1.52 bits per heavy atom. The zero-order valence-corrected chi connectivity index (χ0v) is 16.4. The third-order valence-electron chi connectivity index (χ3n) is 4.22. The van der Waals surface area contributed by atoms with Gasteiger partial charge in [0, 0.05) is 64.3 Å². The molecule has 0 saturated carbocycles. The fourth-order valence-corrected chi connectivity index (χ4v) is 3.32. The molecule has 2 atom stereocenters. The van der Waals surface area contributed by atoms with Crippen LogP contribution in [0, 0.1) is 5.92 Å². The summed E-state index contributed by atoms with van der Waals surface area (Å²) >= 11 is 1.67. The summed E-state index contributed by atoms with van der Waals surface area (Å²) in [4.78, 5) is 24.4. The van der Waals surface area contributed by atoms with E-state index in [0.29, 0.717) is 11.8 Å². The molecule has 7 nitrogen and oxygen atoms in total. The molecule has 140 valence electrons. The van der Waals surface area contributed by atoms with Crippen molar-refractivity contribution in [3.8, 4) is 0 Å². The molecule has 1 saturated heterocycles. The maximum absolute atomic E-state index is 11.9. The molecule has 1 fully saturated rings. The quantitative estimate of drug-likeness (QED) is 0.580. The van der Waals surface area contributed by atoms with Crippen molar-refractivity contribution in [3.63, 3.8) is 0 Å². The number of aliphatic imine (C=N–C) groups is 1. The van der Waals surface area contributed by atoms with Gasteiger partial charge in [-0.15, -0.1) is 11.3 Å². The lowest BCUT2D eigenvalue weighted by molar-refractivity contribution is -0.127. The fraction of sp³-hybridized carbons (Fsp3) is 0.706. The summed E-state index contributed by atoms with van der Waals surface area (Å²) < 4.78 is 5.43. The summed E-state index contributed by atoms with van der Waals surface area (Å²) in [6, 6.07) is 0. The minimum Gasteiger partial charge on any atom is -0.381 e. The highest BCUT2D eigenvalue weighted by atomic mass is 32.1. The first-order valence-electron chi connectivity index (χ1n) is 8.64. The number of carbonyl (C=O) groups is 1. The smallest absolute Gasteiger partial charge is 0.243 e. The molecule has 1 aromatic heterocycles. The number of hydrogen-bond acceptors (Lipinski definition) is 5. The Bertz CT molecular complexity index is 555. The van der Waals surface area contributed by atoms with E-state index in [4.69, 9.17) is 4.74 Å². The molecule has 1 amide bonds. The Hall–Kier alpha value is -1.67. The number of likely N-dealkylation sites (N-methyl/N-ethyl adjacent to an activating group) is 2. The van der Waals surface area contributed by atoms with E-state index in [2.05, 4.69) is 27.1 Å². The van der Waals surface area contributed by atoms with Crippen LogP contribution in [0.25, 0.3) is 0 Å². The lowest BCUT2D eigenvalue weighted by Gasteiger charge is -2.26. The Balaban J connectivity index is 1.97. The number of guanidine groups is 1. The number of aromatic nitrogens is 1. The summed E-state index contributed by atoms with van der Waals surface area (Å²) in [5, 5.41) is 6.52. The Kier molecular flexibility index (Phi) is 7.64. The molecule has 0 aromatic carbocycles. The zero-order chi connectivity index (χ0) is 18.2. The first kappa shape index (κ1) is 19.7. The number of thiazole rings is 1. The Morgan fingerprint density at radius 2 is 2.32 bits per heavy atom. The van der Waals surface area contributed by atoms with Crippen LogP contribution in [0.2, 0.25) is 0 Å². The lowest BCUT2D eigenvalue weighted by Crippen LogP contribution is -2.43. The highest BCUT2D eigenvalue weighted by Crippen LogP contribution is 2.18. The predicted molar refractivity (Wildman–Crippen MR) is 101 cm³/mol. The van der Waals surface area contributed by atoms with Crippen LogP contribution in [0.5, 0.6) is 0 Å². The summed E-state index contributed by atoms with van der Waals surface area (Å²) in [5.74, 6) is 1.55. The van der Waals surface area contributed by atoms with Gasteiger partial charge in [0.2, 0.25) is 5.91 Å². The van der Waals surface area contributed by atoms with E-state index in [-0.39, 0.29) is 12.5 Å². The topological polar surface area (TPSA) is 70.1 Å². The van der Waals surface area contributed by atoms with E-state index in [1.807, 2.05) is 18.6 Å². The van der Waals surface area contributed by atoms with Gasteiger partial charge in [-0.3, -0.25) is 4.79 Å². The normalized spacial score (nSPS) is 18.9. The number of nitrogens with one attached hydrogen (secondary N) is 1. The number of rotatable bonds is 7. The zero-order valence-electron chi connectivity index (χ0n) is 15.6. The van der Waals surface area contributed by atoms with Crippen molar-refractivity contribution in [1.82, 2.24) is 20.1 Å². The minimum atomic E-state index is -0.00938. The molecule has 8 heteroatoms. The maximum Gasteiger partial charge on any atom is 0.243 e. The second-order valence-electron chi connectivity index (χ2n) is 6.69. The van der Waals surface area contributed by atoms with Crippen LogP contribution in [0.15, 0.2) is 16.6 Å². The predicted octanol–water partition coefficient (Wildman–Crippen LogP) is 1.25. The highest BCUT2D eigenvalue weighted by molar-refractivity contribution is 7.09. The number of nitrogens with zero attached hydrogens (tertiary/aromatic N) is 4. The van der Waals surface area contributed by atoms with Gasteiger partial charge in [-0.2, -0.15) is 0 Å². The van der Waals surface area contributed by atoms with Crippen molar-refractivity contribution in [3.05, 3.63) is 16.6 Å². The first-order chi connectivity index (χ1) is 12.0. The van der Waals surface area contributed by atoms with Crippen LogP contribution < -0.4 is 5.32 Å². The van der Waals surface area contributed by atoms with Crippen molar-refractivity contribution >= 4 is 23.2 Å². The number of carbonyl (C=O) groups excluding carboxylic acids is 1. The van der Waals surface area contributed by atoms with Crippen LogP contribution in [0.1, 0.15) is 24.3 Å². The van der Waals surface area contributed by atoms with Crippen molar-refractivity contribution in [2.75, 3.05) is 54.0 Å². The molecule has 0 aliphatic carbocycles. The fourth-order valence-electron chi connectivity index (χ4n) is 2.63. The molecule has 2 rings (SSSR count). The van der Waals surface area contributed by atoms with Gasteiger partial charge < -0.3 is 19.9 Å². The third kappa shape index (κ3) is 6.28. The van der Waals surface area contributed by atoms with Gasteiger partial charge in [-0.1, -0.05) is 6.92 Å². The number of hydrogen-bond donors (Lipinski definition) is 1. The van der Waals surface area contributed by atoms with Gasteiger partial charge in [0.1, 0.15) is 6.54 Å². The number of ether oxygens (including phenoxy) is 1. The van der Waals surface area contributed by atoms with E-state index in [9.17, 15) is 4.79 Å². The van der Waals surface area contributed by atoms with Gasteiger partial charge in [0.15, 0.2) is 5.96 Å². The molecule has 0 bridgehead atoms. The molecule has 25 heavy (non-hydrogen) atoms. The molecule has 2 unspecified atom stereocenters. The first-order valence-corrected chi connectivity index (χ1v) is 9.52. The minimum absolute atomic E-state index is 0.00938. The molecule has 1 aliphatic heterocycles. The van der Waals surface area contributed by atoms with E-state index >= 15 is 0 Å². The maximum atomic E-state index is 11.9.